The first-order chi connectivity index (χ1) is 24.3. The maximum Gasteiger partial charge on any atom is 0.294 e. The summed E-state index contributed by atoms with van der Waals surface area (Å²) < 4.78 is 113. The number of methoxy groups -OCH3 is 2. The summed E-state index contributed by atoms with van der Waals surface area (Å²) in [4.78, 5) is 1.65. The number of anilines is 1. The molecule has 0 radical (unpaired) electrons. The summed E-state index contributed by atoms with van der Waals surface area (Å²) in [6, 6.07) is 8.94. The van der Waals surface area contributed by atoms with E-state index in [0.29, 0.717) is 44.0 Å². The van der Waals surface area contributed by atoms with Gasteiger partial charge in [0.15, 0.2) is 12.3 Å². The van der Waals surface area contributed by atoms with Gasteiger partial charge in [-0.1, -0.05) is 30.4 Å². The molecule has 0 aliphatic carbocycles. The molecular weight excluding hydrogens is 733 g/mol. The lowest BCUT2D eigenvalue weighted by Gasteiger charge is -2.29. The van der Waals surface area contributed by atoms with Crippen LogP contribution in [0.4, 0.5) is 11.4 Å². The average molecular weight is 780 g/mol. The fourth-order valence-electron chi connectivity index (χ4n) is 7.07. The molecule has 2 heterocycles. The Morgan fingerprint density at radius 1 is 0.769 bits per heavy atom. The summed E-state index contributed by atoms with van der Waals surface area (Å²) in [7, 11) is -10.00. The van der Waals surface area contributed by atoms with E-state index in [0.717, 1.165) is 22.7 Å². The van der Waals surface area contributed by atoms with Crippen LogP contribution in [-0.2, 0) is 50.7 Å². The highest BCUT2D eigenvalue weighted by atomic mass is 32.2. The van der Waals surface area contributed by atoms with Gasteiger partial charge in [0, 0.05) is 61.9 Å². The molecule has 2 atom stereocenters. The molecule has 0 bridgehead atoms. The van der Waals surface area contributed by atoms with Gasteiger partial charge < -0.3 is 14.4 Å². The van der Waals surface area contributed by atoms with Crippen molar-refractivity contribution in [1.82, 2.24) is 0 Å². The highest BCUT2D eigenvalue weighted by Gasteiger charge is 2.48. The van der Waals surface area contributed by atoms with Crippen LogP contribution in [0.25, 0.3) is 0 Å². The van der Waals surface area contributed by atoms with Crippen LogP contribution < -0.4 is 4.90 Å². The first-order valence-corrected chi connectivity index (χ1v) is 21.1. The van der Waals surface area contributed by atoms with Crippen molar-refractivity contribution in [3.8, 4) is 0 Å². The van der Waals surface area contributed by atoms with Crippen molar-refractivity contribution in [2.24, 2.45) is 0 Å². The van der Waals surface area contributed by atoms with Crippen molar-refractivity contribution >= 4 is 47.4 Å². The maximum atomic E-state index is 12.1. The number of benzene rings is 2. The van der Waals surface area contributed by atoms with Crippen LogP contribution >= 0.6 is 0 Å². The minimum Gasteiger partial charge on any atom is -0.385 e. The average Bonchev–Trinajstić information content (AvgIpc) is 3.44. The summed E-state index contributed by atoms with van der Waals surface area (Å²) >= 11 is 0. The number of hydrogen-bond donors (Lipinski definition) is 3. The molecule has 0 amide bonds. The molecule has 2 unspecified atom stereocenters. The zero-order valence-electron chi connectivity index (χ0n) is 29.9. The molecule has 52 heavy (non-hydrogen) atoms. The Kier molecular flexibility index (Phi) is 12.9. The van der Waals surface area contributed by atoms with Gasteiger partial charge in [-0.25, -0.2) is 0 Å². The number of hydrogen-bond acceptors (Lipinski definition) is 9. The molecule has 2 aromatic carbocycles. The van der Waals surface area contributed by atoms with E-state index in [1.807, 2.05) is 67.9 Å². The van der Waals surface area contributed by atoms with Crippen LogP contribution in [0.3, 0.4) is 0 Å². The van der Waals surface area contributed by atoms with Crippen molar-refractivity contribution in [2.45, 2.75) is 60.7 Å². The predicted molar refractivity (Wildman–Crippen MR) is 200 cm³/mol. The van der Waals surface area contributed by atoms with Gasteiger partial charge in [-0.05, 0) is 82.0 Å². The molecule has 2 aliphatic rings. The van der Waals surface area contributed by atoms with Crippen LogP contribution in [0.2, 0.25) is 0 Å². The number of rotatable bonds is 17. The van der Waals surface area contributed by atoms with Gasteiger partial charge in [-0.2, -0.15) is 29.8 Å². The van der Waals surface area contributed by atoms with E-state index >= 15 is 0 Å². The molecule has 2 aromatic rings. The SMILES string of the molecule is CCN1/C(=C/C=C/C=C/C=C/C2=[N+](CCOC)c3ccc(S(=O)(=O)O)cc3C2(C)CCCS(=O)(=O)O)C(C)(CCOC)c2cc(S(=O)(=O)O)ccc21. The van der Waals surface area contributed by atoms with E-state index in [1.165, 1.54) is 24.3 Å². The third-order valence-corrected chi connectivity index (χ3v) is 12.2. The topological polar surface area (TPSA) is 188 Å². The lowest BCUT2D eigenvalue weighted by molar-refractivity contribution is -0.441. The molecule has 0 fully saturated rings. The number of allylic oxidation sites excluding steroid dienone is 8. The van der Waals surface area contributed by atoms with E-state index in [4.69, 9.17) is 9.47 Å². The third-order valence-electron chi connectivity index (χ3n) is 9.69. The summed E-state index contributed by atoms with van der Waals surface area (Å²) in [5.41, 5.74) is 3.09. The molecule has 0 spiro atoms. The van der Waals surface area contributed by atoms with Crippen LogP contribution in [-0.4, -0.2) is 95.5 Å². The first-order valence-electron chi connectivity index (χ1n) is 16.6. The lowest BCUT2D eigenvalue weighted by atomic mass is 9.76. The Morgan fingerprint density at radius 2 is 1.37 bits per heavy atom. The molecule has 3 N–H and O–H groups in total. The standard InChI is InChI=1S/C36H46N2O11S3/c1-6-37-31-17-15-27(51(42,43)44)25-29(31)36(3,20-22-48-4)33(37)13-10-8-7-9-11-14-34-35(2,19-12-24-50(39,40)41)30-26-28(52(45,46)47)16-18-32(30)38(34)21-23-49-5/h7-11,13-18,25-26H,6,12,19-24H2,1-5H3,(H2-,39,40,41,42,43,44,45,46,47)/p+1. The van der Waals surface area contributed by atoms with Crippen LogP contribution in [0.15, 0.2) is 94.4 Å². The first kappa shape index (κ1) is 41.3. The smallest absolute Gasteiger partial charge is 0.294 e. The Bertz CT molecular complexity index is 2160. The molecular formula is C36H47N2O11S3+. The zero-order chi connectivity index (χ0) is 38.5. The van der Waals surface area contributed by atoms with Crippen LogP contribution in [0.5, 0.6) is 0 Å². The fraction of sp³-hybridized carbons (Fsp3) is 0.417. The monoisotopic (exact) mass is 779 g/mol. The summed E-state index contributed by atoms with van der Waals surface area (Å²) in [5.74, 6) is -0.474. The van der Waals surface area contributed by atoms with Crippen molar-refractivity contribution in [2.75, 3.05) is 51.2 Å². The fourth-order valence-corrected chi connectivity index (χ4v) is 8.60. The Balaban J connectivity index is 1.68. The molecule has 0 saturated heterocycles. The summed E-state index contributed by atoms with van der Waals surface area (Å²) in [6.07, 6.45) is 13.9. The Morgan fingerprint density at radius 3 is 1.96 bits per heavy atom. The van der Waals surface area contributed by atoms with E-state index in [1.54, 1.807) is 26.4 Å². The van der Waals surface area contributed by atoms with Gasteiger partial charge in [-0.3, -0.25) is 13.7 Å². The molecule has 284 valence electrons. The van der Waals surface area contributed by atoms with E-state index < -0.39 is 46.9 Å². The van der Waals surface area contributed by atoms with Crippen LogP contribution in [0.1, 0.15) is 51.2 Å². The number of fused-ring (bicyclic) bond motifs is 2. The second kappa shape index (κ2) is 16.3. The van der Waals surface area contributed by atoms with E-state index in [9.17, 15) is 38.9 Å². The second-order valence-electron chi connectivity index (χ2n) is 13.1. The van der Waals surface area contributed by atoms with Gasteiger partial charge in [0.1, 0.15) is 6.61 Å². The molecule has 16 heteroatoms. The van der Waals surface area contributed by atoms with Gasteiger partial charge in [0.05, 0.1) is 21.0 Å². The number of nitrogens with zero attached hydrogens (tertiary/aromatic N) is 2. The minimum absolute atomic E-state index is 0.0899. The number of ether oxygens (including phenoxy) is 2. The molecule has 0 saturated carbocycles. The highest BCUT2D eigenvalue weighted by molar-refractivity contribution is 7.86. The molecule has 13 nitrogen and oxygen atoms in total. The lowest BCUT2D eigenvalue weighted by Crippen LogP contribution is -2.32. The Labute approximate surface area is 306 Å². The third kappa shape index (κ3) is 8.99. The second-order valence-corrected chi connectivity index (χ2v) is 17.5. The quantitative estimate of drug-likeness (QED) is 0.108. The number of likely N-dealkylation sites (N-methyl/N-ethyl adjacent to an activating group) is 1. The van der Waals surface area contributed by atoms with E-state index in [-0.39, 0.29) is 22.6 Å². The molecule has 2 aliphatic heterocycles. The summed E-state index contributed by atoms with van der Waals surface area (Å²) in [6.45, 7) is 7.67. The predicted octanol–water partition coefficient (Wildman–Crippen LogP) is 5.24. The van der Waals surface area contributed by atoms with Gasteiger partial charge in [0.25, 0.3) is 30.4 Å². The van der Waals surface area contributed by atoms with Gasteiger partial charge >= 0.3 is 0 Å². The minimum atomic E-state index is -4.52. The van der Waals surface area contributed by atoms with E-state index in [2.05, 4.69) is 4.90 Å². The highest BCUT2D eigenvalue weighted by Crippen LogP contribution is 2.50. The van der Waals surface area contributed by atoms with Crippen molar-refractivity contribution in [1.29, 1.82) is 0 Å². The van der Waals surface area contributed by atoms with Gasteiger partial charge in [0.2, 0.25) is 5.69 Å². The zero-order valence-corrected chi connectivity index (χ0v) is 32.3. The van der Waals surface area contributed by atoms with Gasteiger partial charge in [-0.15, -0.1) is 0 Å². The summed E-state index contributed by atoms with van der Waals surface area (Å²) in [5, 5.41) is 0. The van der Waals surface area contributed by atoms with Crippen LogP contribution in [0, 0.1) is 0 Å². The Hall–Kier alpha value is -3.48. The van der Waals surface area contributed by atoms with Crippen molar-refractivity contribution in [3.63, 3.8) is 0 Å². The largest absolute Gasteiger partial charge is 0.385 e. The molecule has 4 rings (SSSR count). The normalized spacial score (nSPS) is 21.8. The molecule has 0 aromatic heterocycles. The van der Waals surface area contributed by atoms with Crippen molar-refractivity contribution < 1.29 is 53.0 Å². The van der Waals surface area contributed by atoms with Crippen molar-refractivity contribution in [3.05, 3.63) is 95.8 Å². The maximum absolute atomic E-state index is 12.1.